The Morgan fingerprint density at radius 1 is 1.07 bits per heavy atom. The first kappa shape index (κ1) is 21.2. The number of aromatic nitrogens is 1. The largest absolute Gasteiger partial charge is 0.480 e. The second-order valence-corrected chi connectivity index (χ2v) is 6.61. The van der Waals surface area contributed by atoms with Crippen LogP contribution in [0.2, 0.25) is 0 Å². The molecule has 146 valence electrons. The number of carboxylic acids is 2. The van der Waals surface area contributed by atoms with Gasteiger partial charge in [-0.2, -0.15) is 11.3 Å². The van der Waals surface area contributed by atoms with Crippen LogP contribution in [-0.2, 0) is 11.2 Å². The Morgan fingerprint density at radius 2 is 1.79 bits per heavy atom. The van der Waals surface area contributed by atoms with Crippen LogP contribution in [0, 0.1) is 0 Å². The monoisotopic (exact) mass is 400 g/mol. The van der Waals surface area contributed by atoms with Gasteiger partial charge in [-0.1, -0.05) is 30.3 Å². The molecule has 2 atom stereocenters. The van der Waals surface area contributed by atoms with Gasteiger partial charge in [0.15, 0.2) is 0 Å². The molecular formula is C20H20N2O5S. The smallest absolute Gasteiger partial charge is 0.337 e. The molecule has 3 aromatic rings. The van der Waals surface area contributed by atoms with Gasteiger partial charge < -0.3 is 21.1 Å². The van der Waals surface area contributed by atoms with E-state index < -0.39 is 24.1 Å². The van der Waals surface area contributed by atoms with Crippen LogP contribution in [0.4, 0.5) is 0 Å². The number of aromatic carboxylic acids is 1. The van der Waals surface area contributed by atoms with Gasteiger partial charge in [0.05, 0.1) is 5.56 Å². The number of benzene rings is 1. The number of aliphatic hydroxyl groups is 1. The summed E-state index contributed by atoms with van der Waals surface area (Å²) in [5, 5.41) is 30.9. The maximum atomic E-state index is 10.8. The minimum atomic E-state index is -1.30. The number of pyridine rings is 1. The summed E-state index contributed by atoms with van der Waals surface area (Å²) >= 11 is 1.43. The van der Waals surface area contributed by atoms with Crippen molar-refractivity contribution in [2.24, 2.45) is 5.73 Å². The lowest BCUT2D eigenvalue weighted by molar-refractivity contribution is -0.141. The number of aliphatic carboxylic acids is 1. The van der Waals surface area contributed by atoms with Crippen LogP contribution in [0.3, 0.4) is 0 Å². The number of nitrogens with two attached hydrogens (primary N) is 1. The molecule has 2 unspecified atom stereocenters. The molecular weight excluding hydrogens is 380 g/mol. The fourth-order valence-electron chi connectivity index (χ4n) is 2.37. The van der Waals surface area contributed by atoms with Crippen LogP contribution in [0.25, 0.3) is 0 Å². The van der Waals surface area contributed by atoms with Crippen molar-refractivity contribution in [3.63, 3.8) is 0 Å². The lowest BCUT2D eigenvalue weighted by Gasteiger charge is -2.16. The van der Waals surface area contributed by atoms with Crippen molar-refractivity contribution in [2.75, 3.05) is 0 Å². The van der Waals surface area contributed by atoms with Crippen molar-refractivity contribution in [3.8, 4) is 0 Å². The predicted molar refractivity (Wildman–Crippen MR) is 105 cm³/mol. The van der Waals surface area contributed by atoms with Gasteiger partial charge in [0.1, 0.15) is 12.1 Å². The van der Waals surface area contributed by atoms with Gasteiger partial charge in [-0.3, -0.25) is 9.78 Å². The fourth-order valence-corrected chi connectivity index (χ4v) is 3.26. The number of nitrogens with zero attached hydrogens (tertiary/aromatic N) is 1. The molecule has 0 bridgehead atoms. The highest BCUT2D eigenvalue weighted by molar-refractivity contribution is 7.08. The van der Waals surface area contributed by atoms with Gasteiger partial charge in [0.25, 0.3) is 0 Å². The van der Waals surface area contributed by atoms with Gasteiger partial charge in [0, 0.05) is 12.4 Å². The first-order chi connectivity index (χ1) is 13.4. The number of rotatable bonds is 6. The Bertz CT molecular complexity index is 899. The molecule has 0 saturated heterocycles. The van der Waals surface area contributed by atoms with Crippen LogP contribution >= 0.6 is 11.3 Å². The van der Waals surface area contributed by atoms with Crippen LogP contribution in [0.15, 0.2) is 65.6 Å². The first-order valence-corrected chi connectivity index (χ1v) is 9.23. The second kappa shape index (κ2) is 10.3. The molecule has 7 nitrogen and oxygen atoms in total. The molecule has 0 aliphatic carbocycles. The molecule has 5 N–H and O–H groups in total. The lowest BCUT2D eigenvalue weighted by atomic mass is 9.97. The number of aliphatic hydroxyl groups excluding tert-OH is 1. The summed E-state index contributed by atoms with van der Waals surface area (Å²) < 4.78 is 0. The maximum Gasteiger partial charge on any atom is 0.337 e. The minimum absolute atomic E-state index is 0.220. The highest BCUT2D eigenvalue weighted by atomic mass is 32.1. The second-order valence-electron chi connectivity index (χ2n) is 5.87. The van der Waals surface area contributed by atoms with E-state index >= 15 is 0 Å². The molecule has 28 heavy (non-hydrogen) atoms. The lowest BCUT2D eigenvalue weighted by Crippen LogP contribution is -2.36. The van der Waals surface area contributed by atoms with Crippen molar-refractivity contribution in [2.45, 2.75) is 18.6 Å². The van der Waals surface area contributed by atoms with Crippen LogP contribution in [0.5, 0.6) is 0 Å². The summed E-state index contributed by atoms with van der Waals surface area (Å²) in [7, 11) is 0. The molecule has 2 aromatic heterocycles. The molecule has 3 rings (SSSR count). The fraction of sp³-hybridized carbons (Fsp3) is 0.150. The summed E-state index contributed by atoms with van der Waals surface area (Å²) in [6, 6.07) is 11.6. The Hall–Kier alpha value is -3.07. The number of thiophene rings is 1. The van der Waals surface area contributed by atoms with Gasteiger partial charge in [-0.05, 0) is 46.0 Å². The van der Waals surface area contributed by atoms with E-state index in [0.717, 1.165) is 11.1 Å². The number of carboxylic acid groups (broad SMARTS) is 2. The van der Waals surface area contributed by atoms with E-state index in [1.54, 1.807) is 11.4 Å². The molecule has 0 aliphatic rings. The van der Waals surface area contributed by atoms with Gasteiger partial charge in [0.2, 0.25) is 0 Å². The van der Waals surface area contributed by atoms with Crippen molar-refractivity contribution >= 4 is 23.3 Å². The first-order valence-electron chi connectivity index (χ1n) is 8.28. The summed E-state index contributed by atoms with van der Waals surface area (Å²) in [5.41, 5.74) is 8.32. The van der Waals surface area contributed by atoms with Crippen molar-refractivity contribution in [1.29, 1.82) is 0 Å². The molecule has 0 saturated carbocycles. The Morgan fingerprint density at radius 3 is 2.32 bits per heavy atom. The number of carbonyl (C=O) groups is 2. The zero-order valence-electron chi connectivity index (χ0n) is 14.8. The summed E-state index contributed by atoms with van der Waals surface area (Å²) in [6.07, 6.45) is 2.32. The molecule has 2 heterocycles. The predicted octanol–water partition coefficient (Wildman–Crippen LogP) is 2.56. The van der Waals surface area contributed by atoms with Crippen LogP contribution < -0.4 is 5.73 Å². The van der Waals surface area contributed by atoms with E-state index in [1.807, 2.05) is 35.7 Å². The van der Waals surface area contributed by atoms with Crippen molar-refractivity contribution < 1.29 is 24.9 Å². The Labute approximate surface area is 165 Å². The highest BCUT2D eigenvalue weighted by Crippen LogP contribution is 2.26. The third-order valence-corrected chi connectivity index (χ3v) is 4.68. The molecule has 0 spiro atoms. The van der Waals surface area contributed by atoms with E-state index in [0.29, 0.717) is 12.0 Å². The summed E-state index contributed by atoms with van der Waals surface area (Å²) in [5.74, 6) is -2.15. The van der Waals surface area contributed by atoms with E-state index in [2.05, 4.69) is 4.98 Å². The van der Waals surface area contributed by atoms with E-state index in [4.69, 9.17) is 15.9 Å². The standard InChI is InChI=1S/C14H15NO3S.C6H5NO2/c15-12(14(17)18)13(16)11-8-19-7-10(11)6-9-4-2-1-3-5-9;8-6(9)5-2-1-3-7-4-5/h1-5,7-8,12-13,16H,6,15H2,(H,17,18);1-4H,(H,8,9). The van der Waals surface area contributed by atoms with E-state index in [1.165, 1.54) is 29.8 Å². The third-order valence-electron chi connectivity index (χ3n) is 3.87. The normalized spacial score (nSPS) is 12.4. The molecule has 0 amide bonds. The third kappa shape index (κ3) is 5.98. The topological polar surface area (TPSA) is 134 Å². The summed E-state index contributed by atoms with van der Waals surface area (Å²) in [6.45, 7) is 0. The van der Waals surface area contributed by atoms with Gasteiger partial charge in [-0.15, -0.1) is 0 Å². The molecule has 8 heteroatoms. The molecule has 1 aromatic carbocycles. The van der Waals surface area contributed by atoms with E-state index in [9.17, 15) is 14.7 Å². The summed E-state index contributed by atoms with van der Waals surface area (Å²) in [4.78, 5) is 24.6. The van der Waals surface area contributed by atoms with Crippen molar-refractivity contribution in [1.82, 2.24) is 4.98 Å². The van der Waals surface area contributed by atoms with Gasteiger partial charge >= 0.3 is 11.9 Å². The quantitative estimate of drug-likeness (QED) is 0.499. The van der Waals surface area contributed by atoms with Crippen LogP contribution in [-0.4, -0.2) is 38.3 Å². The van der Waals surface area contributed by atoms with E-state index in [-0.39, 0.29) is 5.56 Å². The number of hydrogen-bond donors (Lipinski definition) is 4. The zero-order chi connectivity index (χ0) is 20.5. The molecule has 0 aliphatic heterocycles. The number of hydrogen-bond acceptors (Lipinski definition) is 6. The average molecular weight is 400 g/mol. The SMILES string of the molecule is NC(C(=O)O)C(O)c1cscc1Cc1ccccc1.O=C(O)c1cccnc1. The highest BCUT2D eigenvalue weighted by Gasteiger charge is 2.26. The molecule has 0 fully saturated rings. The zero-order valence-corrected chi connectivity index (χ0v) is 15.6. The van der Waals surface area contributed by atoms with Crippen LogP contribution in [0.1, 0.15) is 33.2 Å². The average Bonchev–Trinajstić information content (AvgIpc) is 3.16. The molecule has 0 radical (unpaired) electrons. The van der Waals surface area contributed by atoms with Crippen molar-refractivity contribution in [3.05, 3.63) is 87.9 Å². The Kier molecular flexibility index (Phi) is 7.82. The maximum absolute atomic E-state index is 10.8. The van der Waals surface area contributed by atoms with Gasteiger partial charge in [-0.25, -0.2) is 4.79 Å². The Balaban J connectivity index is 0.000000261. The minimum Gasteiger partial charge on any atom is -0.480 e.